The van der Waals surface area contributed by atoms with Gasteiger partial charge >= 0.3 is 0 Å². The molecule has 6 heteroatoms. The summed E-state index contributed by atoms with van der Waals surface area (Å²) in [4.78, 5) is 22.0. The zero-order valence-corrected chi connectivity index (χ0v) is 13.1. The number of rotatable bonds is 4. The van der Waals surface area contributed by atoms with Crippen LogP contribution in [0.15, 0.2) is 34.1 Å². The van der Waals surface area contributed by atoms with Crippen LogP contribution >= 0.6 is 11.3 Å². The second-order valence-electron chi connectivity index (χ2n) is 4.67. The van der Waals surface area contributed by atoms with Crippen molar-refractivity contribution in [2.45, 2.75) is 13.8 Å². The number of carbonyl (C=O) groups is 1. The van der Waals surface area contributed by atoms with E-state index in [1.165, 1.54) is 11.3 Å². The Morgan fingerprint density at radius 3 is 2.86 bits per heavy atom. The molecule has 0 saturated heterocycles. The van der Waals surface area contributed by atoms with Gasteiger partial charge in [0.05, 0.1) is 5.69 Å². The molecular formula is C16H15N3O2S. The Morgan fingerprint density at radius 2 is 2.14 bits per heavy atom. The van der Waals surface area contributed by atoms with Crippen molar-refractivity contribution >= 4 is 45.6 Å². The number of amides is 1. The minimum absolute atomic E-state index is 0.00803. The average Bonchev–Trinajstić information content (AvgIpc) is 3.11. The quantitative estimate of drug-likeness (QED) is 0.734. The molecule has 5 nitrogen and oxygen atoms in total. The molecule has 112 valence electrons. The first-order chi connectivity index (χ1) is 10.7. The summed E-state index contributed by atoms with van der Waals surface area (Å²) >= 11 is 1.44. The Morgan fingerprint density at radius 1 is 1.32 bits per heavy atom. The predicted molar refractivity (Wildman–Crippen MR) is 88.8 cm³/mol. The highest BCUT2D eigenvalue weighted by Crippen LogP contribution is 2.22. The number of nitrogens with zero attached hydrogens (tertiary/aromatic N) is 3. The van der Waals surface area contributed by atoms with Crippen molar-refractivity contribution in [3.63, 3.8) is 0 Å². The molecule has 0 aliphatic heterocycles. The van der Waals surface area contributed by atoms with Gasteiger partial charge in [0.15, 0.2) is 10.7 Å². The Balaban J connectivity index is 1.80. The molecule has 0 bridgehead atoms. The molecular weight excluding hydrogens is 298 g/mol. The van der Waals surface area contributed by atoms with Crippen LogP contribution in [0.5, 0.6) is 0 Å². The van der Waals surface area contributed by atoms with Gasteiger partial charge in [-0.3, -0.25) is 9.69 Å². The van der Waals surface area contributed by atoms with Crippen LogP contribution in [0.4, 0.5) is 5.13 Å². The van der Waals surface area contributed by atoms with E-state index in [1.54, 1.807) is 17.9 Å². The Bertz CT molecular complexity index is 802. The smallest absolute Gasteiger partial charge is 0.225 e. The highest BCUT2D eigenvalue weighted by atomic mass is 32.1. The third-order valence-electron chi connectivity index (χ3n) is 3.14. The number of oxazole rings is 1. The first-order valence-electron chi connectivity index (χ1n) is 6.94. The van der Waals surface area contributed by atoms with Crippen LogP contribution in [0.2, 0.25) is 0 Å². The largest absolute Gasteiger partial charge is 0.437 e. The van der Waals surface area contributed by atoms with E-state index in [4.69, 9.17) is 4.42 Å². The van der Waals surface area contributed by atoms with Gasteiger partial charge in [-0.15, -0.1) is 11.3 Å². The fourth-order valence-electron chi connectivity index (χ4n) is 2.09. The van der Waals surface area contributed by atoms with E-state index in [2.05, 4.69) is 9.97 Å². The van der Waals surface area contributed by atoms with Crippen molar-refractivity contribution in [2.75, 3.05) is 11.4 Å². The molecule has 0 aliphatic carbocycles. The molecule has 0 fully saturated rings. The van der Waals surface area contributed by atoms with Crippen LogP contribution in [-0.4, -0.2) is 22.4 Å². The van der Waals surface area contributed by atoms with Gasteiger partial charge in [0.2, 0.25) is 11.8 Å². The summed E-state index contributed by atoms with van der Waals surface area (Å²) in [6.45, 7) is 4.08. The van der Waals surface area contributed by atoms with Crippen LogP contribution in [0.25, 0.3) is 23.3 Å². The number of fused-ring (bicyclic) bond motifs is 1. The van der Waals surface area contributed by atoms with Crippen molar-refractivity contribution in [2.24, 2.45) is 0 Å². The number of hydrogen-bond donors (Lipinski definition) is 0. The molecule has 2 heterocycles. The summed E-state index contributed by atoms with van der Waals surface area (Å²) in [5.74, 6) is 0.529. The number of anilines is 1. The Labute approximate surface area is 131 Å². The average molecular weight is 313 g/mol. The second kappa shape index (κ2) is 6.11. The van der Waals surface area contributed by atoms with Crippen molar-refractivity contribution in [1.82, 2.24) is 9.97 Å². The number of benzene rings is 1. The third kappa shape index (κ3) is 2.92. The summed E-state index contributed by atoms with van der Waals surface area (Å²) in [7, 11) is 0. The molecule has 0 atom stereocenters. The molecule has 1 aromatic carbocycles. The van der Waals surface area contributed by atoms with Gasteiger partial charge < -0.3 is 4.42 Å². The van der Waals surface area contributed by atoms with E-state index in [0.717, 1.165) is 16.8 Å². The molecule has 3 aromatic rings. The maximum absolute atomic E-state index is 11.5. The SMILES string of the molecule is CCN(C(C)=O)c1nc(C=Cc2nc3ccccc3o2)cs1. The van der Waals surface area contributed by atoms with E-state index < -0.39 is 0 Å². The van der Waals surface area contributed by atoms with Gasteiger partial charge in [-0.05, 0) is 25.1 Å². The number of thiazole rings is 1. The minimum atomic E-state index is -0.00803. The maximum Gasteiger partial charge on any atom is 0.225 e. The highest BCUT2D eigenvalue weighted by molar-refractivity contribution is 7.14. The normalized spacial score (nSPS) is 11.4. The molecule has 0 spiro atoms. The number of para-hydroxylation sites is 2. The predicted octanol–water partition coefficient (Wildman–Crippen LogP) is 3.83. The molecule has 0 N–H and O–H groups in total. The maximum atomic E-state index is 11.5. The molecule has 0 aliphatic rings. The molecule has 3 rings (SSSR count). The van der Waals surface area contributed by atoms with Gasteiger partial charge in [0, 0.05) is 24.9 Å². The second-order valence-corrected chi connectivity index (χ2v) is 5.51. The fourth-order valence-corrected chi connectivity index (χ4v) is 2.99. The van der Waals surface area contributed by atoms with Gasteiger partial charge in [-0.1, -0.05) is 12.1 Å². The van der Waals surface area contributed by atoms with E-state index in [1.807, 2.05) is 42.6 Å². The van der Waals surface area contributed by atoms with Crippen molar-refractivity contribution in [3.8, 4) is 0 Å². The summed E-state index contributed by atoms with van der Waals surface area (Å²) in [5.41, 5.74) is 2.37. The molecule has 2 aromatic heterocycles. The van der Waals surface area contributed by atoms with Crippen LogP contribution in [0.3, 0.4) is 0 Å². The summed E-state index contributed by atoms with van der Waals surface area (Å²) < 4.78 is 5.62. The fraction of sp³-hybridized carbons (Fsp3) is 0.188. The number of hydrogen-bond acceptors (Lipinski definition) is 5. The third-order valence-corrected chi connectivity index (χ3v) is 4.03. The summed E-state index contributed by atoms with van der Waals surface area (Å²) in [6.07, 6.45) is 3.61. The van der Waals surface area contributed by atoms with Crippen molar-refractivity contribution in [3.05, 3.63) is 41.2 Å². The first kappa shape index (κ1) is 14.5. The molecule has 22 heavy (non-hydrogen) atoms. The van der Waals surface area contributed by atoms with Crippen LogP contribution in [-0.2, 0) is 4.79 Å². The van der Waals surface area contributed by atoms with Gasteiger partial charge in [0.25, 0.3) is 0 Å². The van der Waals surface area contributed by atoms with E-state index >= 15 is 0 Å². The monoisotopic (exact) mass is 313 g/mol. The van der Waals surface area contributed by atoms with Crippen molar-refractivity contribution in [1.29, 1.82) is 0 Å². The minimum Gasteiger partial charge on any atom is -0.437 e. The zero-order valence-electron chi connectivity index (χ0n) is 12.3. The summed E-state index contributed by atoms with van der Waals surface area (Å²) in [6, 6.07) is 7.62. The van der Waals surface area contributed by atoms with Crippen LogP contribution in [0, 0.1) is 0 Å². The van der Waals surface area contributed by atoms with Gasteiger partial charge in [-0.2, -0.15) is 0 Å². The first-order valence-corrected chi connectivity index (χ1v) is 7.82. The number of aromatic nitrogens is 2. The van der Waals surface area contributed by atoms with Gasteiger partial charge in [-0.25, -0.2) is 9.97 Å². The van der Waals surface area contributed by atoms with E-state index in [0.29, 0.717) is 17.6 Å². The van der Waals surface area contributed by atoms with E-state index in [9.17, 15) is 4.79 Å². The lowest BCUT2D eigenvalue weighted by Gasteiger charge is -2.14. The number of carbonyl (C=O) groups excluding carboxylic acids is 1. The van der Waals surface area contributed by atoms with Crippen molar-refractivity contribution < 1.29 is 9.21 Å². The lowest BCUT2D eigenvalue weighted by molar-refractivity contribution is -0.116. The van der Waals surface area contributed by atoms with Crippen LogP contribution in [0.1, 0.15) is 25.4 Å². The molecule has 0 radical (unpaired) electrons. The van der Waals surface area contributed by atoms with Gasteiger partial charge in [0.1, 0.15) is 5.52 Å². The van der Waals surface area contributed by atoms with E-state index in [-0.39, 0.29) is 5.91 Å². The Hall–Kier alpha value is -2.47. The lowest BCUT2D eigenvalue weighted by Crippen LogP contribution is -2.27. The Kier molecular flexibility index (Phi) is 4.02. The lowest BCUT2D eigenvalue weighted by atomic mass is 10.3. The topological polar surface area (TPSA) is 59.2 Å². The molecule has 1 amide bonds. The highest BCUT2D eigenvalue weighted by Gasteiger charge is 2.12. The molecule has 0 saturated carbocycles. The van der Waals surface area contributed by atoms with Crippen LogP contribution < -0.4 is 4.90 Å². The summed E-state index contributed by atoms with van der Waals surface area (Å²) in [5, 5.41) is 2.60. The zero-order chi connectivity index (χ0) is 15.5. The standard InChI is InChI=1S/C16H15N3O2S/c1-3-19(11(2)20)16-17-12(10-22-16)8-9-15-18-13-6-4-5-7-14(13)21-15/h4-10H,3H2,1-2H3. The molecule has 0 unspecified atom stereocenters.